The molecule has 5 nitrogen and oxygen atoms in total. The maximum Gasteiger partial charge on any atom is 0.416 e. The number of pyridine rings is 1. The zero-order valence-electron chi connectivity index (χ0n) is 12.8. The molecular weight excluding hydrogens is 321 g/mol. The van der Waals surface area contributed by atoms with Gasteiger partial charge in [-0.1, -0.05) is 12.1 Å². The SMILES string of the molecule is CC(=NNC(=O)CNc1cccc(C(F)(F)F)c1)c1cccnc1. The second-order valence-electron chi connectivity index (χ2n) is 4.91. The van der Waals surface area contributed by atoms with Crippen LogP contribution in [0.3, 0.4) is 0 Å². The third kappa shape index (κ3) is 5.08. The highest BCUT2D eigenvalue weighted by molar-refractivity contribution is 5.99. The van der Waals surface area contributed by atoms with Crippen molar-refractivity contribution in [2.24, 2.45) is 5.10 Å². The standard InChI is InChI=1S/C16H15F3N4O/c1-11(12-4-3-7-20-9-12)22-23-15(24)10-21-14-6-2-5-13(8-14)16(17,18)19/h2-9,21H,10H2,1H3,(H,23,24). The molecule has 1 aromatic carbocycles. The molecule has 2 rings (SSSR count). The van der Waals surface area contributed by atoms with Crippen molar-refractivity contribution >= 4 is 17.3 Å². The number of carbonyl (C=O) groups excluding carboxylic acids is 1. The Morgan fingerprint density at radius 1 is 1.25 bits per heavy atom. The van der Waals surface area contributed by atoms with Crippen molar-refractivity contribution in [2.45, 2.75) is 13.1 Å². The van der Waals surface area contributed by atoms with Gasteiger partial charge in [-0.05, 0) is 31.2 Å². The first-order valence-electron chi connectivity index (χ1n) is 7.01. The summed E-state index contributed by atoms with van der Waals surface area (Å²) in [4.78, 5) is 15.7. The third-order valence-electron chi connectivity index (χ3n) is 3.07. The van der Waals surface area contributed by atoms with Gasteiger partial charge in [0.05, 0.1) is 17.8 Å². The fraction of sp³-hybridized carbons (Fsp3) is 0.188. The van der Waals surface area contributed by atoms with Crippen LogP contribution in [0.25, 0.3) is 0 Å². The predicted molar refractivity (Wildman–Crippen MR) is 84.5 cm³/mol. The van der Waals surface area contributed by atoms with Crippen LogP contribution in [-0.2, 0) is 11.0 Å². The molecule has 2 aromatic rings. The number of aromatic nitrogens is 1. The van der Waals surface area contributed by atoms with Crippen LogP contribution in [0.2, 0.25) is 0 Å². The molecule has 126 valence electrons. The van der Waals surface area contributed by atoms with Crippen LogP contribution in [0.1, 0.15) is 18.1 Å². The monoisotopic (exact) mass is 336 g/mol. The largest absolute Gasteiger partial charge is 0.416 e. The maximum absolute atomic E-state index is 12.6. The zero-order valence-corrected chi connectivity index (χ0v) is 12.8. The van der Waals surface area contributed by atoms with E-state index in [1.54, 1.807) is 31.5 Å². The lowest BCUT2D eigenvalue weighted by molar-refractivity contribution is -0.137. The summed E-state index contributed by atoms with van der Waals surface area (Å²) in [6, 6.07) is 8.16. The molecule has 0 aliphatic carbocycles. The van der Waals surface area contributed by atoms with Gasteiger partial charge in [-0.3, -0.25) is 9.78 Å². The summed E-state index contributed by atoms with van der Waals surface area (Å²) < 4.78 is 37.8. The lowest BCUT2D eigenvalue weighted by Crippen LogP contribution is -2.26. The average Bonchev–Trinajstić information content (AvgIpc) is 2.58. The van der Waals surface area contributed by atoms with E-state index in [1.807, 2.05) is 0 Å². The fourth-order valence-corrected chi connectivity index (χ4v) is 1.81. The van der Waals surface area contributed by atoms with E-state index in [9.17, 15) is 18.0 Å². The van der Waals surface area contributed by atoms with Gasteiger partial charge in [0.1, 0.15) is 0 Å². The number of amides is 1. The molecule has 0 saturated heterocycles. The van der Waals surface area contributed by atoms with Crippen molar-refractivity contribution in [1.82, 2.24) is 10.4 Å². The highest BCUT2D eigenvalue weighted by atomic mass is 19.4. The van der Waals surface area contributed by atoms with E-state index in [0.717, 1.165) is 17.7 Å². The number of nitrogens with one attached hydrogen (secondary N) is 2. The van der Waals surface area contributed by atoms with E-state index in [4.69, 9.17) is 0 Å². The Bertz CT molecular complexity index is 730. The van der Waals surface area contributed by atoms with E-state index in [2.05, 4.69) is 20.8 Å². The molecule has 0 unspecified atom stereocenters. The zero-order chi connectivity index (χ0) is 17.6. The maximum atomic E-state index is 12.6. The van der Waals surface area contributed by atoms with Crippen molar-refractivity contribution in [3.63, 3.8) is 0 Å². The number of hydrogen-bond donors (Lipinski definition) is 2. The Hall–Kier alpha value is -2.90. The Morgan fingerprint density at radius 3 is 2.71 bits per heavy atom. The third-order valence-corrected chi connectivity index (χ3v) is 3.07. The van der Waals surface area contributed by atoms with Crippen molar-refractivity contribution in [1.29, 1.82) is 0 Å². The summed E-state index contributed by atoms with van der Waals surface area (Å²) in [5.41, 5.74) is 3.07. The molecule has 0 bridgehead atoms. The van der Waals surface area contributed by atoms with Gasteiger partial charge in [-0.25, -0.2) is 5.43 Å². The molecular formula is C16H15F3N4O. The van der Waals surface area contributed by atoms with Crippen LogP contribution in [0.4, 0.5) is 18.9 Å². The van der Waals surface area contributed by atoms with Crippen molar-refractivity contribution in [2.75, 3.05) is 11.9 Å². The van der Waals surface area contributed by atoms with Crippen molar-refractivity contribution < 1.29 is 18.0 Å². The number of alkyl halides is 3. The molecule has 0 aliphatic rings. The predicted octanol–water partition coefficient (Wildman–Crippen LogP) is 3.05. The van der Waals surface area contributed by atoms with Crippen LogP contribution >= 0.6 is 0 Å². The normalized spacial score (nSPS) is 11.9. The molecule has 0 radical (unpaired) electrons. The first-order valence-corrected chi connectivity index (χ1v) is 7.01. The Balaban J connectivity index is 1.90. The summed E-state index contributed by atoms with van der Waals surface area (Å²) in [7, 11) is 0. The molecule has 24 heavy (non-hydrogen) atoms. The van der Waals surface area contributed by atoms with E-state index in [0.29, 0.717) is 5.71 Å². The molecule has 8 heteroatoms. The van der Waals surface area contributed by atoms with Gasteiger partial charge in [-0.2, -0.15) is 18.3 Å². The Kier molecular flexibility index (Phi) is 5.51. The van der Waals surface area contributed by atoms with Crippen molar-refractivity contribution in [3.05, 3.63) is 59.9 Å². The van der Waals surface area contributed by atoms with Crippen LogP contribution < -0.4 is 10.7 Å². The van der Waals surface area contributed by atoms with E-state index in [-0.39, 0.29) is 12.2 Å². The summed E-state index contributed by atoms with van der Waals surface area (Å²) in [5, 5.41) is 6.55. The highest BCUT2D eigenvalue weighted by Crippen LogP contribution is 2.30. The number of carbonyl (C=O) groups is 1. The quantitative estimate of drug-likeness (QED) is 0.651. The molecule has 0 aliphatic heterocycles. The average molecular weight is 336 g/mol. The van der Waals surface area contributed by atoms with Gasteiger partial charge in [0.2, 0.25) is 0 Å². The van der Waals surface area contributed by atoms with Crippen LogP contribution in [0.15, 0.2) is 53.9 Å². The topological polar surface area (TPSA) is 66.4 Å². The minimum absolute atomic E-state index is 0.202. The van der Waals surface area contributed by atoms with Gasteiger partial charge in [0.15, 0.2) is 0 Å². The number of halogens is 3. The number of benzene rings is 1. The van der Waals surface area contributed by atoms with Gasteiger partial charge in [0.25, 0.3) is 5.91 Å². The lowest BCUT2D eigenvalue weighted by Gasteiger charge is -2.10. The van der Waals surface area contributed by atoms with Crippen LogP contribution in [0, 0.1) is 0 Å². The van der Waals surface area contributed by atoms with Crippen LogP contribution in [0.5, 0.6) is 0 Å². The number of rotatable bonds is 5. The Labute approximate surface area is 136 Å². The minimum atomic E-state index is -4.43. The lowest BCUT2D eigenvalue weighted by atomic mass is 10.2. The van der Waals surface area contributed by atoms with Crippen LogP contribution in [-0.4, -0.2) is 23.1 Å². The van der Waals surface area contributed by atoms with Gasteiger partial charge >= 0.3 is 6.18 Å². The second-order valence-corrected chi connectivity index (χ2v) is 4.91. The summed E-state index contributed by atoms with van der Waals surface area (Å²) in [6.45, 7) is 1.50. The summed E-state index contributed by atoms with van der Waals surface area (Å²) in [5.74, 6) is -0.476. The minimum Gasteiger partial charge on any atom is -0.376 e. The molecule has 0 fully saturated rings. The van der Waals surface area contributed by atoms with Gasteiger partial charge < -0.3 is 5.32 Å². The molecule has 0 spiro atoms. The van der Waals surface area contributed by atoms with E-state index in [1.165, 1.54) is 12.1 Å². The first-order chi connectivity index (χ1) is 11.4. The number of nitrogens with zero attached hydrogens (tertiary/aromatic N) is 2. The molecule has 0 atom stereocenters. The Morgan fingerprint density at radius 2 is 2.04 bits per heavy atom. The smallest absolute Gasteiger partial charge is 0.376 e. The number of hydrogen-bond acceptors (Lipinski definition) is 4. The van der Waals surface area contributed by atoms with Crippen molar-refractivity contribution in [3.8, 4) is 0 Å². The molecule has 1 amide bonds. The van der Waals surface area contributed by atoms with Gasteiger partial charge in [0, 0.05) is 23.6 Å². The molecule has 1 aromatic heterocycles. The summed E-state index contributed by atoms with van der Waals surface area (Å²) >= 11 is 0. The highest BCUT2D eigenvalue weighted by Gasteiger charge is 2.30. The first kappa shape index (κ1) is 17.5. The number of hydrazone groups is 1. The fourth-order valence-electron chi connectivity index (χ4n) is 1.81. The summed E-state index contributed by atoms with van der Waals surface area (Å²) in [6.07, 6.45) is -1.20. The molecule has 1 heterocycles. The second kappa shape index (κ2) is 7.58. The van der Waals surface area contributed by atoms with E-state index >= 15 is 0 Å². The van der Waals surface area contributed by atoms with E-state index < -0.39 is 17.6 Å². The number of anilines is 1. The van der Waals surface area contributed by atoms with Gasteiger partial charge in [-0.15, -0.1) is 0 Å². The molecule has 0 saturated carbocycles. The molecule has 2 N–H and O–H groups in total.